The summed E-state index contributed by atoms with van der Waals surface area (Å²) in [7, 11) is 0. The first-order valence-electron chi connectivity index (χ1n) is 6.04. The maximum absolute atomic E-state index is 11.7. The van der Waals surface area contributed by atoms with Gasteiger partial charge in [-0.05, 0) is 19.3 Å². The third-order valence-corrected chi connectivity index (χ3v) is 3.15. The molecule has 2 heterocycles. The molecule has 4 nitrogen and oxygen atoms in total. The lowest BCUT2D eigenvalue weighted by molar-refractivity contribution is -0.129. The smallest absolute Gasteiger partial charge is 0.226 e. The van der Waals surface area contributed by atoms with Crippen LogP contribution in [0.2, 0.25) is 0 Å². The number of carbonyl (C=O) groups is 2. The fourth-order valence-electron chi connectivity index (χ4n) is 2.15. The van der Waals surface area contributed by atoms with Gasteiger partial charge in [0.1, 0.15) is 0 Å². The monoisotopic (exact) mass is 222 g/mol. The van der Waals surface area contributed by atoms with E-state index in [1.54, 1.807) is 22.2 Å². The topological polar surface area (TPSA) is 40.6 Å². The molecule has 4 heteroatoms. The molecule has 2 saturated heterocycles. The summed E-state index contributed by atoms with van der Waals surface area (Å²) in [5, 5.41) is 0. The fourth-order valence-corrected chi connectivity index (χ4v) is 2.15. The summed E-state index contributed by atoms with van der Waals surface area (Å²) in [4.78, 5) is 26.5. The third-order valence-electron chi connectivity index (χ3n) is 3.15. The van der Waals surface area contributed by atoms with Crippen LogP contribution in [0.1, 0.15) is 38.5 Å². The van der Waals surface area contributed by atoms with E-state index in [1.807, 2.05) is 0 Å². The number of rotatable bonds is 2. The zero-order chi connectivity index (χ0) is 11.4. The summed E-state index contributed by atoms with van der Waals surface area (Å²) in [5.74, 6) is 0.346. The molecule has 16 heavy (non-hydrogen) atoms. The standard InChI is InChI=1S/C12H18N2O2/c15-11-5-2-1-3-7-13(11)9-10-14-8-4-6-12(14)16/h9-10H,1-8H2. The molecule has 0 saturated carbocycles. The SMILES string of the molecule is O=C1CCCCCN1C=CN1CCCC1=O. The summed E-state index contributed by atoms with van der Waals surface area (Å²) in [5.41, 5.74) is 0. The van der Waals surface area contributed by atoms with E-state index in [4.69, 9.17) is 0 Å². The second-order valence-electron chi connectivity index (χ2n) is 4.39. The molecule has 2 fully saturated rings. The lowest BCUT2D eigenvalue weighted by atomic mass is 10.2. The Hall–Kier alpha value is -1.32. The number of hydrogen-bond acceptors (Lipinski definition) is 2. The molecular formula is C12H18N2O2. The van der Waals surface area contributed by atoms with Crippen LogP contribution in [0.3, 0.4) is 0 Å². The van der Waals surface area contributed by atoms with Crippen molar-refractivity contribution in [2.75, 3.05) is 13.1 Å². The molecule has 0 unspecified atom stereocenters. The van der Waals surface area contributed by atoms with E-state index >= 15 is 0 Å². The molecular weight excluding hydrogens is 204 g/mol. The molecule has 2 aliphatic rings. The molecule has 2 amide bonds. The van der Waals surface area contributed by atoms with Crippen molar-refractivity contribution in [1.29, 1.82) is 0 Å². The van der Waals surface area contributed by atoms with Crippen molar-refractivity contribution >= 4 is 11.8 Å². The molecule has 2 rings (SSSR count). The molecule has 0 bridgehead atoms. The third kappa shape index (κ3) is 2.62. The van der Waals surface area contributed by atoms with Gasteiger partial charge in [0, 0.05) is 38.3 Å². The summed E-state index contributed by atoms with van der Waals surface area (Å²) in [6.07, 6.45) is 8.91. The highest BCUT2D eigenvalue weighted by atomic mass is 16.2. The van der Waals surface area contributed by atoms with Crippen molar-refractivity contribution in [3.63, 3.8) is 0 Å². The Bertz CT molecular complexity index is 312. The average molecular weight is 222 g/mol. The second kappa shape index (κ2) is 5.14. The van der Waals surface area contributed by atoms with E-state index in [0.29, 0.717) is 12.8 Å². The van der Waals surface area contributed by atoms with Crippen LogP contribution in [0.25, 0.3) is 0 Å². The molecule has 0 spiro atoms. The highest BCUT2D eigenvalue weighted by molar-refractivity contribution is 5.80. The lowest BCUT2D eigenvalue weighted by Crippen LogP contribution is -2.26. The van der Waals surface area contributed by atoms with E-state index in [1.165, 1.54) is 0 Å². The van der Waals surface area contributed by atoms with Gasteiger partial charge in [0.15, 0.2) is 0 Å². The quantitative estimate of drug-likeness (QED) is 0.710. The molecule has 0 aliphatic carbocycles. The molecule has 0 atom stereocenters. The first-order valence-corrected chi connectivity index (χ1v) is 6.04. The van der Waals surface area contributed by atoms with Gasteiger partial charge >= 0.3 is 0 Å². The minimum absolute atomic E-state index is 0.165. The molecule has 0 aromatic carbocycles. The van der Waals surface area contributed by atoms with Crippen LogP contribution >= 0.6 is 0 Å². The Morgan fingerprint density at radius 2 is 1.31 bits per heavy atom. The maximum Gasteiger partial charge on any atom is 0.226 e. The Labute approximate surface area is 95.9 Å². The van der Waals surface area contributed by atoms with E-state index < -0.39 is 0 Å². The molecule has 0 aromatic heterocycles. The second-order valence-corrected chi connectivity index (χ2v) is 4.39. The van der Waals surface area contributed by atoms with Gasteiger partial charge in [0.2, 0.25) is 11.8 Å². The van der Waals surface area contributed by atoms with Gasteiger partial charge in [-0.25, -0.2) is 0 Å². The van der Waals surface area contributed by atoms with E-state index in [9.17, 15) is 9.59 Å². The number of amides is 2. The van der Waals surface area contributed by atoms with Gasteiger partial charge in [-0.1, -0.05) is 6.42 Å². The number of likely N-dealkylation sites (tertiary alicyclic amines) is 2. The Balaban J connectivity index is 1.93. The van der Waals surface area contributed by atoms with Crippen molar-refractivity contribution in [3.8, 4) is 0 Å². The molecule has 88 valence electrons. The van der Waals surface area contributed by atoms with Crippen molar-refractivity contribution < 1.29 is 9.59 Å². The minimum Gasteiger partial charge on any atom is -0.318 e. The summed E-state index contributed by atoms with van der Waals surface area (Å²) in [6, 6.07) is 0. The van der Waals surface area contributed by atoms with Crippen molar-refractivity contribution in [2.24, 2.45) is 0 Å². The average Bonchev–Trinajstić information content (AvgIpc) is 2.56. The molecule has 0 radical (unpaired) electrons. The molecule has 0 aromatic rings. The highest BCUT2D eigenvalue weighted by Gasteiger charge is 2.19. The van der Waals surface area contributed by atoms with Crippen molar-refractivity contribution in [3.05, 3.63) is 12.4 Å². The van der Waals surface area contributed by atoms with Crippen LogP contribution in [0.5, 0.6) is 0 Å². The van der Waals surface area contributed by atoms with Crippen LogP contribution < -0.4 is 0 Å². The number of hydrogen-bond donors (Lipinski definition) is 0. The Morgan fingerprint density at radius 1 is 0.750 bits per heavy atom. The summed E-state index contributed by atoms with van der Waals surface area (Å²) < 4.78 is 0. The fraction of sp³-hybridized carbons (Fsp3) is 0.667. The van der Waals surface area contributed by atoms with Crippen LogP contribution in [-0.2, 0) is 9.59 Å². The van der Waals surface area contributed by atoms with Crippen LogP contribution in [0, 0.1) is 0 Å². The van der Waals surface area contributed by atoms with Gasteiger partial charge in [-0.15, -0.1) is 0 Å². The van der Waals surface area contributed by atoms with Gasteiger partial charge in [0.25, 0.3) is 0 Å². The largest absolute Gasteiger partial charge is 0.318 e. The minimum atomic E-state index is 0.165. The van der Waals surface area contributed by atoms with Crippen LogP contribution in [0.4, 0.5) is 0 Å². The zero-order valence-electron chi connectivity index (χ0n) is 9.52. The first kappa shape index (κ1) is 11.2. The van der Waals surface area contributed by atoms with E-state index in [0.717, 1.165) is 38.8 Å². The lowest BCUT2D eigenvalue weighted by Gasteiger charge is -2.17. The highest BCUT2D eigenvalue weighted by Crippen LogP contribution is 2.13. The Kier molecular flexibility index (Phi) is 3.59. The van der Waals surface area contributed by atoms with E-state index in [2.05, 4.69) is 0 Å². The normalized spacial score (nSPS) is 23.2. The molecule has 2 aliphatic heterocycles. The number of carbonyl (C=O) groups excluding carboxylic acids is 2. The maximum atomic E-state index is 11.7. The zero-order valence-corrected chi connectivity index (χ0v) is 9.52. The first-order chi connectivity index (χ1) is 7.77. The van der Waals surface area contributed by atoms with Crippen molar-refractivity contribution in [2.45, 2.75) is 38.5 Å². The van der Waals surface area contributed by atoms with Crippen LogP contribution in [0.15, 0.2) is 12.4 Å². The van der Waals surface area contributed by atoms with Gasteiger partial charge < -0.3 is 9.80 Å². The van der Waals surface area contributed by atoms with Gasteiger partial charge in [-0.3, -0.25) is 9.59 Å². The van der Waals surface area contributed by atoms with Crippen molar-refractivity contribution in [1.82, 2.24) is 9.80 Å². The molecule has 0 N–H and O–H groups in total. The predicted molar refractivity (Wildman–Crippen MR) is 60.3 cm³/mol. The van der Waals surface area contributed by atoms with Gasteiger partial charge in [-0.2, -0.15) is 0 Å². The van der Waals surface area contributed by atoms with Crippen LogP contribution in [-0.4, -0.2) is 34.7 Å². The van der Waals surface area contributed by atoms with E-state index in [-0.39, 0.29) is 11.8 Å². The number of nitrogens with zero attached hydrogens (tertiary/aromatic N) is 2. The summed E-state index contributed by atoms with van der Waals surface area (Å²) >= 11 is 0. The Morgan fingerprint density at radius 3 is 1.88 bits per heavy atom. The summed E-state index contributed by atoms with van der Waals surface area (Å²) in [6.45, 7) is 1.58. The van der Waals surface area contributed by atoms with Gasteiger partial charge in [0.05, 0.1) is 0 Å². The predicted octanol–water partition coefficient (Wildman–Crippen LogP) is 1.48.